The van der Waals surface area contributed by atoms with Crippen molar-refractivity contribution in [3.05, 3.63) is 6.07 Å². The van der Waals surface area contributed by atoms with Crippen LogP contribution in [0.25, 0.3) is 0 Å². The van der Waals surface area contributed by atoms with Crippen molar-refractivity contribution in [3.8, 4) is 0 Å². The highest BCUT2D eigenvalue weighted by Crippen LogP contribution is 2.14. The van der Waals surface area contributed by atoms with Crippen LogP contribution in [0.2, 0.25) is 0 Å². The zero-order valence-corrected chi connectivity index (χ0v) is 12.5. The predicted molar refractivity (Wildman–Crippen MR) is 83.9 cm³/mol. The van der Waals surface area contributed by atoms with Crippen LogP contribution in [0.4, 0.5) is 17.6 Å². The molecule has 20 heavy (non-hydrogen) atoms. The van der Waals surface area contributed by atoms with Gasteiger partial charge in [-0.1, -0.05) is 6.92 Å². The van der Waals surface area contributed by atoms with E-state index in [1.165, 1.54) is 25.9 Å². The maximum atomic E-state index is 5.72. The van der Waals surface area contributed by atoms with Crippen LogP contribution in [0.1, 0.15) is 26.7 Å². The summed E-state index contributed by atoms with van der Waals surface area (Å²) in [5.74, 6) is 2.46. The number of nitrogen functional groups attached to an aromatic ring is 1. The molecule has 1 fully saturated rings. The smallest absolute Gasteiger partial charge is 0.223 e. The Morgan fingerprint density at radius 3 is 2.55 bits per heavy atom. The Kier molecular flexibility index (Phi) is 5.40. The van der Waals surface area contributed by atoms with E-state index in [0.717, 1.165) is 31.3 Å². The Hall–Kier alpha value is -1.56. The molecule has 1 saturated heterocycles. The Balaban J connectivity index is 1.82. The summed E-state index contributed by atoms with van der Waals surface area (Å²) in [7, 11) is 0. The molecule has 1 aromatic heterocycles. The highest BCUT2D eigenvalue weighted by atomic mass is 15.2. The van der Waals surface area contributed by atoms with Crippen LogP contribution >= 0.6 is 0 Å². The number of hydrogen-bond donors (Lipinski definition) is 3. The lowest BCUT2D eigenvalue weighted by Crippen LogP contribution is -2.29. The summed E-state index contributed by atoms with van der Waals surface area (Å²) in [5.41, 5.74) is 5.72. The zero-order chi connectivity index (χ0) is 14.4. The summed E-state index contributed by atoms with van der Waals surface area (Å²) in [6.45, 7) is 9.66. The third kappa shape index (κ3) is 4.52. The minimum Gasteiger partial charge on any atom is -0.370 e. The lowest BCUT2D eigenvalue weighted by Gasteiger charge is -2.20. The summed E-state index contributed by atoms with van der Waals surface area (Å²) >= 11 is 0. The van der Waals surface area contributed by atoms with E-state index < -0.39 is 0 Å². The topological polar surface area (TPSA) is 79.1 Å². The highest BCUT2D eigenvalue weighted by molar-refractivity contribution is 5.50. The van der Waals surface area contributed by atoms with Crippen LogP contribution in [0, 0.1) is 5.92 Å². The maximum absolute atomic E-state index is 5.72. The third-order valence-corrected chi connectivity index (χ3v) is 3.50. The van der Waals surface area contributed by atoms with Gasteiger partial charge in [-0.2, -0.15) is 9.97 Å². The van der Waals surface area contributed by atoms with Crippen molar-refractivity contribution in [1.29, 1.82) is 0 Å². The molecule has 4 N–H and O–H groups in total. The van der Waals surface area contributed by atoms with Gasteiger partial charge in [0.1, 0.15) is 11.6 Å². The molecule has 0 radical (unpaired) electrons. The monoisotopic (exact) mass is 278 g/mol. The molecule has 1 aliphatic rings. The minimum atomic E-state index is 0.304. The number of likely N-dealkylation sites (tertiary alicyclic amines) is 1. The number of aromatic nitrogens is 2. The number of anilines is 3. The molecule has 6 heteroatoms. The van der Waals surface area contributed by atoms with Gasteiger partial charge >= 0.3 is 0 Å². The van der Waals surface area contributed by atoms with E-state index in [-0.39, 0.29) is 0 Å². The molecule has 1 aromatic rings. The molecule has 1 unspecified atom stereocenters. The Morgan fingerprint density at radius 1 is 1.25 bits per heavy atom. The van der Waals surface area contributed by atoms with E-state index in [4.69, 9.17) is 5.73 Å². The van der Waals surface area contributed by atoms with Gasteiger partial charge < -0.3 is 21.3 Å². The summed E-state index contributed by atoms with van der Waals surface area (Å²) < 4.78 is 0. The second-order valence-electron chi connectivity index (χ2n) is 5.52. The van der Waals surface area contributed by atoms with Gasteiger partial charge in [0.2, 0.25) is 5.95 Å². The van der Waals surface area contributed by atoms with E-state index in [1.807, 2.05) is 13.0 Å². The highest BCUT2D eigenvalue weighted by Gasteiger charge is 2.14. The number of nitrogens with two attached hydrogens (primary N) is 1. The van der Waals surface area contributed by atoms with Crippen molar-refractivity contribution in [2.75, 3.05) is 49.1 Å². The Labute approximate surface area is 121 Å². The first-order chi connectivity index (χ1) is 9.67. The van der Waals surface area contributed by atoms with E-state index in [2.05, 4.69) is 32.4 Å². The summed E-state index contributed by atoms with van der Waals surface area (Å²) in [4.78, 5) is 10.9. The van der Waals surface area contributed by atoms with Crippen molar-refractivity contribution in [3.63, 3.8) is 0 Å². The van der Waals surface area contributed by atoms with Crippen molar-refractivity contribution in [1.82, 2.24) is 14.9 Å². The number of hydrogen-bond acceptors (Lipinski definition) is 6. The number of rotatable bonds is 7. The van der Waals surface area contributed by atoms with Crippen molar-refractivity contribution in [2.24, 2.45) is 5.92 Å². The molecule has 112 valence electrons. The van der Waals surface area contributed by atoms with Gasteiger partial charge in [-0.3, -0.25) is 0 Å². The van der Waals surface area contributed by atoms with Crippen LogP contribution in [0.15, 0.2) is 6.07 Å². The lowest BCUT2D eigenvalue weighted by molar-refractivity contribution is 0.294. The first-order valence-electron chi connectivity index (χ1n) is 7.52. The zero-order valence-electron chi connectivity index (χ0n) is 12.5. The van der Waals surface area contributed by atoms with Gasteiger partial charge in [0, 0.05) is 25.7 Å². The molecular weight excluding hydrogens is 252 g/mol. The van der Waals surface area contributed by atoms with Gasteiger partial charge in [0.05, 0.1) is 0 Å². The third-order valence-electron chi connectivity index (χ3n) is 3.50. The van der Waals surface area contributed by atoms with E-state index in [9.17, 15) is 0 Å². The first kappa shape index (κ1) is 14.8. The molecule has 1 atom stereocenters. The summed E-state index contributed by atoms with van der Waals surface area (Å²) in [6.07, 6.45) is 2.68. The Bertz CT molecular complexity index is 416. The van der Waals surface area contributed by atoms with Crippen LogP contribution in [-0.4, -0.2) is 47.6 Å². The van der Waals surface area contributed by atoms with Crippen LogP contribution in [0.5, 0.6) is 0 Å². The molecule has 0 bridgehead atoms. The Morgan fingerprint density at radius 2 is 1.90 bits per heavy atom. The molecule has 0 saturated carbocycles. The van der Waals surface area contributed by atoms with E-state index >= 15 is 0 Å². The predicted octanol–water partition coefficient (Wildman–Crippen LogP) is 1.63. The normalized spacial score (nSPS) is 17.1. The van der Waals surface area contributed by atoms with Gasteiger partial charge in [0.15, 0.2) is 0 Å². The van der Waals surface area contributed by atoms with Crippen LogP contribution in [-0.2, 0) is 0 Å². The van der Waals surface area contributed by atoms with E-state index in [1.54, 1.807) is 0 Å². The molecule has 2 rings (SSSR count). The minimum absolute atomic E-state index is 0.304. The van der Waals surface area contributed by atoms with Gasteiger partial charge in [0.25, 0.3) is 0 Å². The van der Waals surface area contributed by atoms with Crippen molar-refractivity contribution >= 4 is 17.6 Å². The average molecular weight is 278 g/mol. The summed E-state index contributed by atoms with van der Waals surface area (Å²) in [6, 6.07) is 1.91. The van der Waals surface area contributed by atoms with Crippen LogP contribution < -0.4 is 16.4 Å². The average Bonchev–Trinajstić information content (AvgIpc) is 2.89. The fraction of sp³-hybridized carbons (Fsp3) is 0.714. The van der Waals surface area contributed by atoms with Crippen molar-refractivity contribution < 1.29 is 0 Å². The number of nitrogens with one attached hydrogen (secondary N) is 2. The summed E-state index contributed by atoms with van der Waals surface area (Å²) in [5, 5.41) is 6.52. The molecule has 0 spiro atoms. The fourth-order valence-electron chi connectivity index (χ4n) is 2.58. The van der Waals surface area contributed by atoms with Gasteiger partial charge in [-0.15, -0.1) is 0 Å². The van der Waals surface area contributed by atoms with Gasteiger partial charge in [-0.25, -0.2) is 0 Å². The SMILES string of the molecule is CCNc1cc(NCC(C)CN2CCCC2)nc(N)n1. The molecule has 0 aliphatic carbocycles. The van der Waals surface area contributed by atoms with E-state index in [0.29, 0.717) is 11.9 Å². The lowest BCUT2D eigenvalue weighted by atomic mass is 10.1. The molecule has 0 amide bonds. The second kappa shape index (κ2) is 7.28. The maximum Gasteiger partial charge on any atom is 0.223 e. The molecule has 0 aromatic carbocycles. The fourth-order valence-corrected chi connectivity index (χ4v) is 2.58. The molecule has 6 nitrogen and oxygen atoms in total. The quantitative estimate of drug-likeness (QED) is 0.703. The van der Waals surface area contributed by atoms with Crippen LogP contribution in [0.3, 0.4) is 0 Å². The molecule has 1 aliphatic heterocycles. The second-order valence-corrected chi connectivity index (χ2v) is 5.52. The largest absolute Gasteiger partial charge is 0.370 e. The standard InChI is InChI=1S/C14H26N6/c1-3-16-12-8-13(19-14(15)18-12)17-9-11(2)10-20-6-4-5-7-20/h8,11H,3-7,9-10H2,1-2H3,(H4,15,16,17,18,19). The molecule has 2 heterocycles. The first-order valence-corrected chi connectivity index (χ1v) is 7.52. The van der Waals surface area contributed by atoms with Gasteiger partial charge in [-0.05, 0) is 38.8 Å². The number of nitrogens with zero attached hydrogens (tertiary/aromatic N) is 3. The van der Waals surface area contributed by atoms with Crippen molar-refractivity contribution in [2.45, 2.75) is 26.7 Å². The molecular formula is C14H26N6.